The van der Waals surface area contributed by atoms with E-state index in [1.807, 2.05) is 19.1 Å². The minimum Gasteiger partial charge on any atom is -0.494 e. The molecule has 0 aromatic rings. The number of hydrogen-bond acceptors (Lipinski definition) is 2. The van der Waals surface area contributed by atoms with Gasteiger partial charge in [-0.15, -0.1) is 0 Å². The number of halogens is 1. The molecule has 0 aliphatic heterocycles. The fourth-order valence-corrected chi connectivity index (χ4v) is 4.78. The monoisotopic (exact) mass is 408 g/mol. The van der Waals surface area contributed by atoms with Crippen molar-refractivity contribution in [1.82, 2.24) is 0 Å². The molecule has 0 spiro atoms. The highest BCUT2D eigenvalue weighted by molar-refractivity contribution is 9.11. The van der Waals surface area contributed by atoms with E-state index in [4.69, 9.17) is 4.74 Å². The molecule has 0 amide bonds. The maximum absolute atomic E-state index is 12.7. The molecule has 2 nitrogen and oxygen atoms in total. The van der Waals surface area contributed by atoms with E-state index in [1.165, 1.54) is 25.7 Å². The van der Waals surface area contributed by atoms with E-state index in [9.17, 15) is 4.79 Å². The maximum Gasteiger partial charge on any atom is 0.163 e. The number of carbonyl (C=O) groups is 1. The van der Waals surface area contributed by atoms with E-state index < -0.39 is 0 Å². The van der Waals surface area contributed by atoms with E-state index in [0.29, 0.717) is 13.0 Å². The summed E-state index contributed by atoms with van der Waals surface area (Å²) in [5, 5.41) is 0. The third-order valence-electron chi connectivity index (χ3n) is 5.93. The molecule has 25 heavy (non-hydrogen) atoms. The normalized spacial score (nSPS) is 27.5. The van der Waals surface area contributed by atoms with Crippen LogP contribution in [0.15, 0.2) is 33.5 Å². The van der Waals surface area contributed by atoms with Crippen molar-refractivity contribution in [1.29, 1.82) is 0 Å². The Morgan fingerprint density at radius 2 is 2.04 bits per heavy atom. The minimum absolute atomic E-state index is 0.236. The van der Waals surface area contributed by atoms with Crippen molar-refractivity contribution >= 4 is 21.7 Å². The third kappa shape index (κ3) is 5.84. The summed E-state index contributed by atoms with van der Waals surface area (Å²) in [5.41, 5.74) is 1.94. The van der Waals surface area contributed by atoms with E-state index in [2.05, 4.69) is 36.7 Å². The first-order valence-electron chi connectivity index (χ1n) is 9.85. The fraction of sp³-hybridized carbons (Fsp3) is 0.682. The van der Waals surface area contributed by atoms with Crippen LogP contribution in [0.3, 0.4) is 0 Å². The molecule has 1 fully saturated rings. The number of allylic oxidation sites excluding steroid dienone is 5. The molecule has 2 aliphatic rings. The van der Waals surface area contributed by atoms with Gasteiger partial charge in [0, 0.05) is 18.4 Å². The summed E-state index contributed by atoms with van der Waals surface area (Å²) >= 11 is 3.59. The van der Waals surface area contributed by atoms with Crippen molar-refractivity contribution in [2.75, 3.05) is 6.61 Å². The van der Waals surface area contributed by atoms with Gasteiger partial charge in [-0.05, 0) is 66.7 Å². The van der Waals surface area contributed by atoms with Gasteiger partial charge >= 0.3 is 0 Å². The zero-order chi connectivity index (χ0) is 18.4. The Kier molecular flexibility index (Phi) is 7.99. The zero-order valence-electron chi connectivity index (χ0n) is 16.2. The van der Waals surface area contributed by atoms with Crippen LogP contribution in [-0.2, 0) is 9.53 Å². The first-order chi connectivity index (χ1) is 11.9. The average Bonchev–Trinajstić information content (AvgIpc) is 2.70. The molecule has 140 valence electrons. The number of Topliss-reactive ketones (excluding diaryl/α,β-unsaturated/α-hetero) is 1. The lowest BCUT2D eigenvalue weighted by Gasteiger charge is -2.34. The first-order valence-corrected chi connectivity index (χ1v) is 10.6. The standard InChI is InChI=1S/C22H33BrO2/c1-5-25-22-14-19(13-20(23)12-16(22)3)21(24)11-7-10-18-9-6-8-15(2)17(18)4/h13-15,17-18H,5-12H2,1-4H3. The van der Waals surface area contributed by atoms with Gasteiger partial charge in [0.15, 0.2) is 5.78 Å². The van der Waals surface area contributed by atoms with E-state index in [1.54, 1.807) is 0 Å². The number of carbonyl (C=O) groups excluding carboxylic acids is 1. The van der Waals surface area contributed by atoms with Crippen molar-refractivity contribution in [2.24, 2.45) is 17.8 Å². The molecule has 0 radical (unpaired) electrons. The van der Waals surface area contributed by atoms with Crippen LogP contribution in [0.25, 0.3) is 0 Å². The summed E-state index contributed by atoms with van der Waals surface area (Å²) in [4.78, 5) is 12.7. The van der Waals surface area contributed by atoms with Crippen LogP contribution >= 0.6 is 15.9 Å². The minimum atomic E-state index is 0.236. The van der Waals surface area contributed by atoms with Gasteiger partial charge in [-0.25, -0.2) is 0 Å². The van der Waals surface area contributed by atoms with Crippen molar-refractivity contribution in [3.8, 4) is 0 Å². The molecule has 0 aromatic carbocycles. The lowest BCUT2D eigenvalue weighted by Crippen LogP contribution is -2.24. The summed E-state index contributed by atoms with van der Waals surface area (Å²) in [6.45, 7) is 9.45. The molecule has 0 N–H and O–H groups in total. The van der Waals surface area contributed by atoms with Crippen LogP contribution in [0.4, 0.5) is 0 Å². The fourth-order valence-electron chi connectivity index (χ4n) is 4.12. The van der Waals surface area contributed by atoms with Gasteiger partial charge in [-0.1, -0.05) is 49.0 Å². The molecule has 2 rings (SSSR count). The van der Waals surface area contributed by atoms with Gasteiger partial charge in [-0.2, -0.15) is 0 Å². The molecule has 1 saturated carbocycles. The van der Waals surface area contributed by atoms with Crippen LogP contribution in [0.2, 0.25) is 0 Å². The van der Waals surface area contributed by atoms with Gasteiger partial charge in [-0.3, -0.25) is 4.79 Å². The van der Waals surface area contributed by atoms with E-state index in [0.717, 1.165) is 52.0 Å². The number of ether oxygens (including phenoxy) is 1. The predicted molar refractivity (Wildman–Crippen MR) is 109 cm³/mol. The van der Waals surface area contributed by atoms with Gasteiger partial charge in [0.25, 0.3) is 0 Å². The molecule has 0 aromatic heterocycles. The lowest BCUT2D eigenvalue weighted by molar-refractivity contribution is -0.115. The van der Waals surface area contributed by atoms with Crippen LogP contribution in [0, 0.1) is 17.8 Å². The molecular formula is C22H33BrO2. The number of hydrogen-bond donors (Lipinski definition) is 0. The molecule has 3 atom stereocenters. The second-order valence-corrected chi connectivity index (χ2v) is 8.81. The van der Waals surface area contributed by atoms with Crippen LogP contribution < -0.4 is 0 Å². The first kappa shape index (κ1) is 20.5. The van der Waals surface area contributed by atoms with Gasteiger partial charge in [0.05, 0.1) is 6.61 Å². The average molecular weight is 409 g/mol. The largest absolute Gasteiger partial charge is 0.494 e. The smallest absolute Gasteiger partial charge is 0.163 e. The summed E-state index contributed by atoms with van der Waals surface area (Å²) < 4.78 is 6.78. The zero-order valence-corrected chi connectivity index (χ0v) is 17.8. The van der Waals surface area contributed by atoms with Crippen molar-refractivity contribution in [3.05, 3.63) is 33.5 Å². The molecule has 0 saturated heterocycles. The van der Waals surface area contributed by atoms with Crippen molar-refractivity contribution < 1.29 is 9.53 Å². The van der Waals surface area contributed by atoms with Crippen molar-refractivity contribution in [2.45, 2.75) is 72.6 Å². The number of ketones is 1. The van der Waals surface area contributed by atoms with Gasteiger partial charge < -0.3 is 4.74 Å². The highest BCUT2D eigenvalue weighted by Crippen LogP contribution is 2.37. The summed E-state index contributed by atoms with van der Waals surface area (Å²) in [6.07, 6.45) is 11.6. The molecule has 0 heterocycles. The summed E-state index contributed by atoms with van der Waals surface area (Å²) in [7, 11) is 0. The molecule has 3 heteroatoms. The molecule has 3 unspecified atom stereocenters. The SMILES string of the molecule is CCOC1=C(C)CC(Br)=CC(C(=O)CCCC2CCCC(C)C2C)=C1. The highest BCUT2D eigenvalue weighted by atomic mass is 79.9. The quantitative estimate of drug-likeness (QED) is 0.467. The Bertz CT molecular complexity index is 571. The Hall–Kier alpha value is -0.830. The Morgan fingerprint density at radius 3 is 2.76 bits per heavy atom. The second kappa shape index (κ2) is 9.75. The van der Waals surface area contributed by atoms with Crippen LogP contribution in [0.5, 0.6) is 0 Å². The van der Waals surface area contributed by atoms with E-state index in [-0.39, 0.29) is 5.78 Å². The second-order valence-electron chi connectivity index (χ2n) is 7.79. The third-order valence-corrected chi connectivity index (χ3v) is 6.44. The number of rotatable bonds is 7. The summed E-state index contributed by atoms with van der Waals surface area (Å²) in [6, 6.07) is 0. The summed E-state index contributed by atoms with van der Waals surface area (Å²) in [5.74, 6) is 3.51. The van der Waals surface area contributed by atoms with E-state index >= 15 is 0 Å². The van der Waals surface area contributed by atoms with Crippen LogP contribution in [0.1, 0.15) is 72.6 Å². The Morgan fingerprint density at radius 1 is 1.28 bits per heavy atom. The Balaban J connectivity index is 1.95. The maximum atomic E-state index is 12.7. The van der Waals surface area contributed by atoms with Crippen LogP contribution in [-0.4, -0.2) is 12.4 Å². The van der Waals surface area contributed by atoms with Gasteiger partial charge in [0.1, 0.15) is 5.76 Å². The molecule has 2 aliphatic carbocycles. The highest BCUT2D eigenvalue weighted by Gasteiger charge is 2.26. The lowest BCUT2D eigenvalue weighted by atomic mass is 9.72. The Labute approximate surface area is 161 Å². The van der Waals surface area contributed by atoms with Crippen molar-refractivity contribution in [3.63, 3.8) is 0 Å². The molecular weight excluding hydrogens is 376 g/mol. The predicted octanol–water partition coefficient (Wildman–Crippen LogP) is 6.72. The molecule has 0 bridgehead atoms. The van der Waals surface area contributed by atoms with Gasteiger partial charge in [0.2, 0.25) is 0 Å². The topological polar surface area (TPSA) is 26.3 Å².